The molecular formula is C22H29N3O4. The Bertz CT molecular complexity index is 756. The molecule has 0 aliphatic rings. The van der Waals surface area contributed by atoms with Gasteiger partial charge in [-0.05, 0) is 42.4 Å². The third-order valence-electron chi connectivity index (χ3n) is 4.52. The van der Waals surface area contributed by atoms with Crippen LogP contribution >= 0.6 is 0 Å². The lowest BCUT2D eigenvalue weighted by Gasteiger charge is -2.23. The van der Waals surface area contributed by atoms with Gasteiger partial charge in [-0.3, -0.25) is 14.5 Å². The summed E-state index contributed by atoms with van der Waals surface area (Å²) >= 11 is 0. The van der Waals surface area contributed by atoms with E-state index in [1.165, 1.54) is 4.90 Å². The molecule has 2 aromatic carbocycles. The number of rotatable bonds is 9. The van der Waals surface area contributed by atoms with Crippen LogP contribution in [0, 0.1) is 0 Å². The molecule has 0 radical (unpaired) electrons. The molecule has 0 bridgehead atoms. The molecule has 0 aliphatic heterocycles. The zero-order chi connectivity index (χ0) is 21.4. The standard InChI is InChI=1S/C22H29N3O4/c1-24(2)21(27)15-25(3)14-20(26)23-22(16-6-10-18(28-4)11-7-16)17-8-12-19(29-5)13-9-17/h6-13,22H,14-15H2,1-5H3,(H,23,26). The third-order valence-corrected chi connectivity index (χ3v) is 4.52. The van der Waals surface area contributed by atoms with Crippen molar-refractivity contribution in [2.24, 2.45) is 0 Å². The Morgan fingerprint density at radius 3 is 1.66 bits per heavy atom. The van der Waals surface area contributed by atoms with Crippen LogP contribution in [0.2, 0.25) is 0 Å². The molecular weight excluding hydrogens is 370 g/mol. The summed E-state index contributed by atoms with van der Waals surface area (Å²) in [5, 5.41) is 3.07. The molecule has 0 heterocycles. The number of nitrogens with zero attached hydrogens (tertiary/aromatic N) is 2. The largest absolute Gasteiger partial charge is 0.497 e. The van der Waals surface area contributed by atoms with Gasteiger partial charge in [-0.1, -0.05) is 24.3 Å². The van der Waals surface area contributed by atoms with Gasteiger partial charge >= 0.3 is 0 Å². The maximum Gasteiger partial charge on any atom is 0.236 e. The maximum atomic E-state index is 12.7. The van der Waals surface area contributed by atoms with Crippen LogP contribution in [0.15, 0.2) is 48.5 Å². The molecule has 0 atom stereocenters. The maximum absolute atomic E-state index is 12.7. The number of carbonyl (C=O) groups is 2. The normalized spacial score (nSPS) is 10.7. The predicted octanol–water partition coefficient (Wildman–Crippen LogP) is 1.93. The van der Waals surface area contributed by atoms with Crippen LogP contribution < -0.4 is 14.8 Å². The Morgan fingerprint density at radius 2 is 1.28 bits per heavy atom. The Kier molecular flexibility index (Phi) is 8.03. The van der Waals surface area contributed by atoms with E-state index in [1.807, 2.05) is 48.5 Å². The molecule has 156 valence electrons. The molecule has 0 unspecified atom stereocenters. The quantitative estimate of drug-likeness (QED) is 0.698. The van der Waals surface area contributed by atoms with Crippen molar-refractivity contribution in [3.05, 3.63) is 59.7 Å². The number of ether oxygens (including phenoxy) is 2. The number of amides is 2. The minimum atomic E-state index is -0.336. The number of nitrogens with one attached hydrogen (secondary N) is 1. The van der Waals surface area contributed by atoms with E-state index < -0.39 is 0 Å². The number of benzene rings is 2. The molecule has 0 aromatic heterocycles. The lowest BCUT2D eigenvalue weighted by molar-refractivity contribution is -0.130. The highest BCUT2D eigenvalue weighted by Crippen LogP contribution is 2.26. The fourth-order valence-corrected chi connectivity index (χ4v) is 2.83. The van der Waals surface area contributed by atoms with Crippen LogP contribution in [0.25, 0.3) is 0 Å². The minimum absolute atomic E-state index is 0.0536. The van der Waals surface area contributed by atoms with Crippen LogP contribution in [0.3, 0.4) is 0 Å². The summed E-state index contributed by atoms with van der Waals surface area (Å²) in [5.74, 6) is 1.27. The second kappa shape index (κ2) is 10.5. The number of hydrogen-bond donors (Lipinski definition) is 1. The summed E-state index contributed by atoms with van der Waals surface area (Å²) in [6, 6.07) is 14.8. The Balaban J connectivity index is 2.17. The molecule has 0 fully saturated rings. The van der Waals surface area contributed by atoms with E-state index in [9.17, 15) is 9.59 Å². The summed E-state index contributed by atoms with van der Waals surface area (Å²) in [6.07, 6.45) is 0. The molecule has 7 heteroatoms. The second-order valence-electron chi connectivity index (χ2n) is 7.01. The van der Waals surface area contributed by atoms with Crippen molar-refractivity contribution in [3.8, 4) is 11.5 Å². The molecule has 29 heavy (non-hydrogen) atoms. The molecule has 2 rings (SSSR count). The number of likely N-dealkylation sites (N-methyl/N-ethyl adjacent to an activating group) is 2. The van der Waals surface area contributed by atoms with E-state index in [2.05, 4.69) is 5.32 Å². The Hall–Kier alpha value is -3.06. The molecule has 0 spiro atoms. The predicted molar refractivity (Wildman–Crippen MR) is 112 cm³/mol. The Morgan fingerprint density at radius 1 is 0.828 bits per heavy atom. The lowest BCUT2D eigenvalue weighted by Crippen LogP contribution is -2.41. The smallest absolute Gasteiger partial charge is 0.236 e. The SMILES string of the molecule is COc1ccc(C(NC(=O)CN(C)CC(=O)N(C)C)c2ccc(OC)cc2)cc1. The van der Waals surface area contributed by atoms with Crippen molar-refractivity contribution in [3.63, 3.8) is 0 Å². The summed E-state index contributed by atoms with van der Waals surface area (Å²) in [5.41, 5.74) is 1.85. The number of methoxy groups -OCH3 is 2. The highest BCUT2D eigenvalue weighted by atomic mass is 16.5. The van der Waals surface area contributed by atoms with Gasteiger partial charge in [-0.25, -0.2) is 0 Å². The van der Waals surface area contributed by atoms with E-state index in [-0.39, 0.29) is 30.9 Å². The lowest BCUT2D eigenvalue weighted by atomic mass is 9.98. The molecule has 7 nitrogen and oxygen atoms in total. The van der Waals surface area contributed by atoms with Gasteiger partial charge in [0.05, 0.1) is 33.4 Å². The number of carbonyl (C=O) groups excluding carboxylic acids is 2. The van der Waals surface area contributed by atoms with E-state index in [4.69, 9.17) is 9.47 Å². The van der Waals surface area contributed by atoms with Gasteiger partial charge in [0.2, 0.25) is 11.8 Å². The van der Waals surface area contributed by atoms with Crippen molar-refractivity contribution in [1.29, 1.82) is 0 Å². The topological polar surface area (TPSA) is 71.1 Å². The highest BCUT2D eigenvalue weighted by Gasteiger charge is 2.19. The summed E-state index contributed by atoms with van der Waals surface area (Å²) in [7, 11) is 8.36. The van der Waals surface area contributed by atoms with Crippen molar-refractivity contribution in [1.82, 2.24) is 15.1 Å². The van der Waals surface area contributed by atoms with Crippen LogP contribution in [-0.2, 0) is 9.59 Å². The first-order valence-corrected chi connectivity index (χ1v) is 9.30. The highest BCUT2D eigenvalue weighted by molar-refractivity contribution is 5.81. The molecule has 0 saturated carbocycles. The second-order valence-corrected chi connectivity index (χ2v) is 7.01. The van der Waals surface area contributed by atoms with Crippen LogP contribution in [0.4, 0.5) is 0 Å². The number of hydrogen-bond acceptors (Lipinski definition) is 5. The van der Waals surface area contributed by atoms with E-state index in [0.717, 1.165) is 22.6 Å². The molecule has 2 aromatic rings. The van der Waals surface area contributed by atoms with E-state index in [1.54, 1.807) is 40.3 Å². The van der Waals surface area contributed by atoms with Gasteiger partial charge in [0, 0.05) is 14.1 Å². The van der Waals surface area contributed by atoms with Crippen molar-refractivity contribution in [2.45, 2.75) is 6.04 Å². The summed E-state index contributed by atoms with van der Waals surface area (Å²) in [6.45, 7) is 0.290. The van der Waals surface area contributed by atoms with Crippen LogP contribution in [0.5, 0.6) is 11.5 Å². The fourth-order valence-electron chi connectivity index (χ4n) is 2.83. The van der Waals surface area contributed by atoms with Gasteiger partial charge in [0.25, 0.3) is 0 Å². The van der Waals surface area contributed by atoms with Crippen molar-refractivity contribution in [2.75, 3.05) is 48.5 Å². The summed E-state index contributed by atoms with van der Waals surface area (Å²) < 4.78 is 10.5. The van der Waals surface area contributed by atoms with Gasteiger partial charge in [-0.2, -0.15) is 0 Å². The Labute approximate surface area is 172 Å². The first-order chi connectivity index (χ1) is 13.8. The average molecular weight is 399 g/mol. The van der Waals surface area contributed by atoms with Crippen LogP contribution in [-0.4, -0.2) is 70.1 Å². The van der Waals surface area contributed by atoms with E-state index >= 15 is 0 Å². The molecule has 2 amide bonds. The first kappa shape index (κ1) is 22.2. The zero-order valence-electron chi connectivity index (χ0n) is 17.6. The van der Waals surface area contributed by atoms with Gasteiger partial charge in [0.1, 0.15) is 11.5 Å². The van der Waals surface area contributed by atoms with Gasteiger partial charge in [-0.15, -0.1) is 0 Å². The first-order valence-electron chi connectivity index (χ1n) is 9.30. The average Bonchev–Trinajstić information content (AvgIpc) is 2.72. The third kappa shape index (κ3) is 6.50. The minimum Gasteiger partial charge on any atom is -0.497 e. The van der Waals surface area contributed by atoms with E-state index in [0.29, 0.717) is 0 Å². The van der Waals surface area contributed by atoms with Gasteiger partial charge < -0.3 is 19.7 Å². The van der Waals surface area contributed by atoms with Gasteiger partial charge in [0.15, 0.2) is 0 Å². The van der Waals surface area contributed by atoms with Crippen molar-refractivity contribution < 1.29 is 19.1 Å². The van der Waals surface area contributed by atoms with Crippen molar-refractivity contribution >= 4 is 11.8 Å². The monoisotopic (exact) mass is 399 g/mol. The molecule has 1 N–H and O–H groups in total. The zero-order valence-corrected chi connectivity index (χ0v) is 17.6. The van der Waals surface area contributed by atoms with Crippen LogP contribution in [0.1, 0.15) is 17.2 Å². The summed E-state index contributed by atoms with van der Waals surface area (Å²) in [4.78, 5) is 27.7. The molecule has 0 saturated heterocycles. The molecule has 0 aliphatic carbocycles. The fraction of sp³-hybridized carbons (Fsp3) is 0.364.